The molecule has 1 aliphatic carbocycles. The van der Waals surface area contributed by atoms with Crippen molar-refractivity contribution in [3.63, 3.8) is 0 Å². The summed E-state index contributed by atoms with van der Waals surface area (Å²) in [6, 6.07) is 28.9. The van der Waals surface area contributed by atoms with Crippen LogP contribution in [0.25, 0.3) is 10.8 Å². The summed E-state index contributed by atoms with van der Waals surface area (Å²) in [5, 5.41) is 11.1. The summed E-state index contributed by atoms with van der Waals surface area (Å²) in [5.74, 6) is 0. The van der Waals surface area contributed by atoms with Gasteiger partial charge in [0.1, 0.15) is 5.69 Å². The third-order valence-electron chi connectivity index (χ3n) is 6.21. The highest BCUT2D eigenvalue weighted by atomic mass is 15.2. The van der Waals surface area contributed by atoms with Gasteiger partial charge in [0.15, 0.2) is 0 Å². The summed E-state index contributed by atoms with van der Waals surface area (Å²) < 4.78 is 0. The van der Waals surface area contributed by atoms with Crippen molar-refractivity contribution >= 4 is 39.2 Å². The first kappa shape index (κ1) is 21.7. The number of aryl methyl sites for hydroxylation is 1. The van der Waals surface area contributed by atoms with Crippen molar-refractivity contribution in [2.45, 2.75) is 26.3 Å². The molecule has 4 nitrogen and oxygen atoms in total. The standard InChI is InChI=1S/C30H28N4/c1-21-12-16-24(17-13-21)34(25-18-14-22(2)15-19-25)29-20-28(31)30(27-11-7-6-10-26(27)29)33-32-23-8-4-3-5-9-23/h3-18,20,25H,19,31H2,1-2H3. The number of nitrogens with zero attached hydrogens (tertiary/aromatic N) is 3. The molecule has 0 fully saturated rings. The number of anilines is 3. The maximum atomic E-state index is 6.63. The Hall–Kier alpha value is -4.18. The first-order valence-corrected chi connectivity index (χ1v) is 11.6. The van der Waals surface area contributed by atoms with Crippen molar-refractivity contribution in [1.29, 1.82) is 0 Å². The van der Waals surface area contributed by atoms with E-state index in [9.17, 15) is 0 Å². The van der Waals surface area contributed by atoms with E-state index in [1.165, 1.54) is 11.1 Å². The van der Waals surface area contributed by atoms with Crippen molar-refractivity contribution in [3.8, 4) is 0 Å². The zero-order chi connectivity index (χ0) is 23.5. The van der Waals surface area contributed by atoms with E-state index < -0.39 is 0 Å². The van der Waals surface area contributed by atoms with Crippen LogP contribution in [-0.4, -0.2) is 6.04 Å². The first-order chi connectivity index (χ1) is 16.6. The van der Waals surface area contributed by atoms with E-state index in [0.717, 1.165) is 34.3 Å². The fraction of sp³-hybridized carbons (Fsp3) is 0.133. The number of nitrogens with two attached hydrogens (primary N) is 1. The molecule has 1 atom stereocenters. The number of fused-ring (bicyclic) bond motifs is 1. The Labute approximate surface area is 200 Å². The van der Waals surface area contributed by atoms with E-state index in [1.807, 2.05) is 42.5 Å². The molecule has 0 amide bonds. The lowest BCUT2D eigenvalue weighted by molar-refractivity contribution is 0.781. The van der Waals surface area contributed by atoms with Gasteiger partial charge in [0.2, 0.25) is 0 Å². The second-order valence-corrected chi connectivity index (χ2v) is 8.73. The molecule has 4 aromatic rings. The van der Waals surface area contributed by atoms with Crippen molar-refractivity contribution < 1.29 is 0 Å². The van der Waals surface area contributed by atoms with Gasteiger partial charge in [-0.1, -0.05) is 84.0 Å². The largest absolute Gasteiger partial charge is 0.397 e. The topological polar surface area (TPSA) is 54.0 Å². The molecule has 1 unspecified atom stereocenters. The molecule has 0 aromatic heterocycles. The van der Waals surface area contributed by atoms with Gasteiger partial charge in [-0.25, -0.2) is 0 Å². The molecule has 4 heteroatoms. The highest BCUT2D eigenvalue weighted by Gasteiger charge is 2.23. The zero-order valence-electron chi connectivity index (χ0n) is 19.5. The van der Waals surface area contributed by atoms with Gasteiger partial charge in [0.05, 0.1) is 23.1 Å². The van der Waals surface area contributed by atoms with Gasteiger partial charge >= 0.3 is 0 Å². The molecule has 0 saturated heterocycles. The molecule has 0 saturated carbocycles. The number of rotatable bonds is 5. The second kappa shape index (κ2) is 9.36. The van der Waals surface area contributed by atoms with Crippen LogP contribution in [-0.2, 0) is 0 Å². The number of benzene rings is 4. The molecular formula is C30H28N4. The molecule has 4 aromatic carbocycles. The summed E-state index contributed by atoms with van der Waals surface area (Å²) in [5.41, 5.74) is 13.5. The molecule has 0 bridgehead atoms. The van der Waals surface area contributed by atoms with E-state index in [0.29, 0.717) is 11.4 Å². The number of allylic oxidation sites excluding steroid dienone is 2. The normalized spacial score (nSPS) is 15.6. The lowest BCUT2D eigenvalue weighted by Gasteiger charge is -2.34. The minimum atomic E-state index is 0.186. The van der Waals surface area contributed by atoms with Gasteiger partial charge in [-0.3, -0.25) is 0 Å². The third-order valence-corrected chi connectivity index (χ3v) is 6.21. The predicted octanol–water partition coefficient (Wildman–Crippen LogP) is 8.56. The zero-order valence-corrected chi connectivity index (χ0v) is 19.5. The molecular weight excluding hydrogens is 416 g/mol. The average molecular weight is 445 g/mol. The lowest BCUT2D eigenvalue weighted by atomic mass is 9.98. The maximum absolute atomic E-state index is 6.63. The third kappa shape index (κ3) is 4.35. The summed E-state index contributed by atoms with van der Waals surface area (Å²) in [4.78, 5) is 2.38. The lowest BCUT2D eigenvalue weighted by Crippen LogP contribution is -2.30. The van der Waals surface area contributed by atoms with E-state index in [1.54, 1.807) is 0 Å². The highest BCUT2D eigenvalue weighted by molar-refractivity contribution is 6.06. The molecule has 0 aliphatic heterocycles. The molecule has 5 rings (SSSR count). The highest BCUT2D eigenvalue weighted by Crippen LogP contribution is 2.43. The minimum Gasteiger partial charge on any atom is -0.397 e. The van der Waals surface area contributed by atoms with Gasteiger partial charge in [0.25, 0.3) is 0 Å². The molecule has 2 N–H and O–H groups in total. The van der Waals surface area contributed by atoms with E-state index in [2.05, 4.69) is 89.7 Å². The SMILES string of the molecule is CC1=CCC(N(c2ccc(C)cc2)c2cc(N)c(N=Nc3ccccc3)c3ccccc23)C=C1. The Morgan fingerprint density at radius 1 is 0.824 bits per heavy atom. The molecule has 0 heterocycles. The van der Waals surface area contributed by atoms with Gasteiger partial charge in [-0.15, -0.1) is 5.11 Å². The molecule has 1 aliphatic rings. The van der Waals surface area contributed by atoms with Crippen molar-refractivity contribution in [2.75, 3.05) is 10.6 Å². The van der Waals surface area contributed by atoms with Crippen LogP contribution in [0.15, 0.2) is 119 Å². The van der Waals surface area contributed by atoms with Crippen LogP contribution < -0.4 is 10.6 Å². The van der Waals surface area contributed by atoms with Crippen LogP contribution in [0.2, 0.25) is 0 Å². The van der Waals surface area contributed by atoms with Crippen LogP contribution in [0.4, 0.5) is 28.4 Å². The fourth-order valence-corrected chi connectivity index (χ4v) is 4.40. The van der Waals surface area contributed by atoms with Gasteiger partial charge in [-0.2, -0.15) is 5.11 Å². The second-order valence-electron chi connectivity index (χ2n) is 8.73. The molecule has 34 heavy (non-hydrogen) atoms. The fourth-order valence-electron chi connectivity index (χ4n) is 4.40. The predicted molar refractivity (Wildman–Crippen MR) is 144 cm³/mol. The Balaban J connectivity index is 1.67. The maximum Gasteiger partial charge on any atom is 0.117 e. The molecule has 168 valence electrons. The minimum absolute atomic E-state index is 0.186. The van der Waals surface area contributed by atoms with Crippen molar-refractivity contribution in [2.24, 2.45) is 10.2 Å². The summed E-state index contributed by atoms with van der Waals surface area (Å²) in [6.07, 6.45) is 7.70. The molecule has 0 radical (unpaired) electrons. The smallest absolute Gasteiger partial charge is 0.117 e. The summed E-state index contributed by atoms with van der Waals surface area (Å²) in [6.45, 7) is 4.25. The molecule has 0 spiro atoms. The van der Waals surface area contributed by atoms with Gasteiger partial charge in [-0.05, 0) is 50.6 Å². The van der Waals surface area contributed by atoms with Crippen molar-refractivity contribution in [3.05, 3.63) is 114 Å². The monoisotopic (exact) mass is 444 g/mol. The van der Waals surface area contributed by atoms with Gasteiger partial charge in [0, 0.05) is 16.5 Å². The van der Waals surface area contributed by atoms with E-state index in [-0.39, 0.29) is 6.04 Å². The van der Waals surface area contributed by atoms with Crippen LogP contribution in [0, 0.1) is 6.92 Å². The van der Waals surface area contributed by atoms with Crippen LogP contribution in [0.1, 0.15) is 18.9 Å². The van der Waals surface area contributed by atoms with Crippen LogP contribution in [0.5, 0.6) is 0 Å². The van der Waals surface area contributed by atoms with E-state index in [4.69, 9.17) is 5.73 Å². The number of hydrogen-bond acceptors (Lipinski definition) is 4. The van der Waals surface area contributed by atoms with Gasteiger partial charge < -0.3 is 10.6 Å². The van der Waals surface area contributed by atoms with E-state index >= 15 is 0 Å². The summed E-state index contributed by atoms with van der Waals surface area (Å²) >= 11 is 0. The Kier molecular flexibility index (Phi) is 5.96. The van der Waals surface area contributed by atoms with Crippen LogP contribution >= 0.6 is 0 Å². The van der Waals surface area contributed by atoms with Crippen LogP contribution in [0.3, 0.4) is 0 Å². The quantitative estimate of drug-likeness (QED) is 0.248. The summed E-state index contributed by atoms with van der Waals surface area (Å²) in [7, 11) is 0. The first-order valence-electron chi connectivity index (χ1n) is 11.6. The number of nitrogen functional groups attached to an aromatic ring is 1. The Morgan fingerprint density at radius 3 is 2.24 bits per heavy atom. The number of hydrogen-bond donors (Lipinski definition) is 1. The Morgan fingerprint density at radius 2 is 1.53 bits per heavy atom. The Bertz CT molecular complexity index is 1400. The van der Waals surface area contributed by atoms with Crippen molar-refractivity contribution in [1.82, 2.24) is 0 Å². The number of azo groups is 1. The average Bonchev–Trinajstić information content (AvgIpc) is 2.87.